The molecule has 0 saturated carbocycles. The molecule has 0 aliphatic carbocycles. The molecule has 0 radical (unpaired) electrons. The predicted molar refractivity (Wildman–Crippen MR) is 125 cm³/mol. The Morgan fingerprint density at radius 3 is 1.41 bits per heavy atom. The van der Waals surface area contributed by atoms with E-state index < -0.39 is 7.82 Å². The monoisotopic (exact) mass is 474 g/mol. The van der Waals surface area contributed by atoms with Gasteiger partial charge in [-0.3, -0.25) is 4.89 Å². The second-order valence-electron chi connectivity index (χ2n) is 7.22. The number of unbranched alkanes of at least 4 members (excludes halogenated alkanes) is 10. The highest BCUT2D eigenvalue weighted by molar-refractivity contribution is 7.99. The summed E-state index contributed by atoms with van der Waals surface area (Å²) in [6, 6.07) is 0. The second kappa shape index (κ2) is 20.6. The Kier molecular flexibility index (Phi) is 21.1. The summed E-state index contributed by atoms with van der Waals surface area (Å²) >= 11 is 3.09. The number of rotatable bonds is 22. The van der Waals surface area contributed by atoms with E-state index in [1.165, 1.54) is 64.2 Å². The maximum atomic E-state index is 11.8. The predicted octanol–water partition coefficient (Wildman–Crippen LogP) is 7.86. The summed E-state index contributed by atoms with van der Waals surface area (Å²) in [5.74, 6) is 1.85. The quantitative estimate of drug-likeness (QED) is 0.0558. The van der Waals surface area contributed by atoms with E-state index in [4.69, 9.17) is 9.78 Å². The van der Waals surface area contributed by atoms with Gasteiger partial charge >= 0.3 is 7.82 Å². The van der Waals surface area contributed by atoms with Gasteiger partial charge in [0.15, 0.2) is 0 Å². The number of hydrogen-bond acceptors (Lipinski definition) is 7. The Morgan fingerprint density at radius 2 is 1.03 bits per heavy atom. The summed E-state index contributed by atoms with van der Waals surface area (Å²) in [6.45, 7) is 7.97. The molecule has 0 aromatic heterocycles. The molecule has 176 valence electrons. The van der Waals surface area contributed by atoms with Gasteiger partial charge in [-0.2, -0.15) is 0 Å². The van der Waals surface area contributed by atoms with Gasteiger partial charge in [-0.05, 0) is 38.2 Å². The highest BCUT2D eigenvalue weighted by Crippen LogP contribution is 2.45. The average molecular weight is 475 g/mol. The summed E-state index contributed by atoms with van der Waals surface area (Å²) in [4.78, 5) is 19.6. The van der Waals surface area contributed by atoms with Crippen molar-refractivity contribution in [3.63, 3.8) is 0 Å². The van der Waals surface area contributed by atoms with Crippen molar-refractivity contribution < 1.29 is 28.6 Å². The van der Waals surface area contributed by atoms with Gasteiger partial charge in [0, 0.05) is 0 Å². The van der Waals surface area contributed by atoms with Crippen molar-refractivity contribution in [3.05, 3.63) is 0 Å². The summed E-state index contributed by atoms with van der Waals surface area (Å²) < 4.78 is 21.0. The maximum Gasteiger partial charge on any atom is 0.526 e. The molecule has 29 heavy (non-hydrogen) atoms. The van der Waals surface area contributed by atoms with Crippen molar-refractivity contribution in [2.24, 2.45) is 0 Å². The van der Waals surface area contributed by atoms with Crippen molar-refractivity contribution in [2.45, 2.75) is 116 Å². The van der Waals surface area contributed by atoms with Crippen LogP contribution in [0.4, 0.5) is 0 Å². The van der Waals surface area contributed by atoms with Crippen molar-refractivity contribution in [1.29, 1.82) is 0 Å². The fourth-order valence-electron chi connectivity index (χ4n) is 2.56. The van der Waals surface area contributed by atoms with Crippen LogP contribution in [0, 0.1) is 0 Å². The first-order valence-corrected chi connectivity index (χ1v) is 14.8. The van der Waals surface area contributed by atoms with Gasteiger partial charge in [0.1, 0.15) is 10.9 Å². The van der Waals surface area contributed by atoms with Crippen LogP contribution in [0.3, 0.4) is 0 Å². The van der Waals surface area contributed by atoms with Crippen molar-refractivity contribution in [1.82, 2.24) is 0 Å². The van der Waals surface area contributed by atoms with Crippen LogP contribution in [0.1, 0.15) is 105 Å². The fourth-order valence-corrected chi connectivity index (χ4v) is 4.77. The smallest absolute Gasteiger partial charge is 0.299 e. The molecule has 0 saturated heterocycles. The topological polar surface area (TPSA) is 74.2 Å². The molecule has 0 rings (SSSR count). The van der Waals surface area contributed by atoms with E-state index in [1.54, 1.807) is 37.4 Å². The minimum atomic E-state index is -4.39. The van der Waals surface area contributed by atoms with Crippen LogP contribution in [0.5, 0.6) is 0 Å². The lowest BCUT2D eigenvalue weighted by Crippen LogP contribution is -2.08. The SMILES string of the molecule is CCCCCCCCSC(C)OOP(=O)(O)OOC(C)SCCCCCCCC. The van der Waals surface area contributed by atoms with E-state index >= 15 is 0 Å². The van der Waals surface area contributed by atoms with Crippen LogP contribution in [0.15, 0.2) is 0 Å². The second-order valence-corrected chi connectivity index (χ2v) is 11.3. The first kappa shape index (κ1) is 29.7. The number of phosphoric acid groups is 1. The van der Waals surface area contributed by atoms with E-state index in [1.807, 2.05) is 0 Å². The average Bonchev–Trinajstić information content (AvgIpc) is 2.69. The van der Waals surface area contributed by atoms with Crippen molar-refractivity contribution >= 4 is 31.3 Å². The van der Waals surface area contributed by atoms with Crippen LogP contribution < -0.4 is 0 Å². The third-order valence-electron chi connectivity index (χ3n) is 4.25. The van der Waals surface area contributed by atoms with Crippen molar-refractivity contribution in [3.8, 4) is 0 Å². The molecule has 0 aromatic rings. The van der Waals surface area contributed by atoms with Crippen LogP contribution in [-0.2, 0) is 23.7 Å². The largest absolute Gasteiger partial charge is 0.526 e. The third-order valence-corrected chi connectivity index (χ3v) is 6.94. The Labute approximate surface area is 187 Å². The van der Waals surface area contributed by atoms with Gasteiger partial charge in [0.05, 0.1) is 0 Å². The fraction of sp³-hybridized carbons (Fsp3) is 1.00. The van der Waals surface area contributed by atoms with E-state index in [0.29, 0.717) is 0 Å². The summed E-state index contributed by atoms with van der Waals surface area (Å²) in [7, 11) is -4.39. The van der Waals surface area contributed by atoms with Crippen LogP contribution in [-0.4, -0.2) is 27.3 Å². The van der Waals surface area contributed by atoms with Gasteiger partial charge in [-0.15, -0.1) is 32.9 Å². The molecule has 0 aliphatic heterocycles. The third kappa shape index (κ3) is 21.7. The van der Waals surface area contributed by atoms with E-state index in [2.05, 4.69) is 23.2 Å². The summed E-state index contributed by atoms with van der Waals surface area (Å²) in [6.07, 6.45) is 14.8. The van der Waals surface area contributed by atoms with Gasteiger partial charge in [-0.1, -0.05) is 78.1 Å². The zero-order valence-electron chi connectivity index (χ0n) is 18.8. The van der Waals surface area contributed by atoms with Crippen LogP contribution >= 0.6 is 31.3 Å². The van der Waals surface area contributed by atoms with Gasteiger partial charge in [-0.25, -0.2) is 14.3 Å². The van der Waals surface area contributed by atoms with Gasteiger partial charge in [0.2, 0.25) is 0 Å². The highest BCUT2D eigenvalue weighted by Gasteiger charge is 2.27. The lowest BCUT2D eigenvalue weighted by atomic mass is 10.1. The molecule has 2 unspecified atom stereocenters. The van der Waals surface area contributed by atoms with E-state index in [-0.39, 0.29) is 10.9 Å². The van der Waals surface area contributed by atoms with Crippen LogP contribution in [0.25, 0.3) is 0 Å². The minimum absolute atomic E-state index is 0.353. The molecule has 0 bridgehead atoms. The zero-order valence-corrected chi connectivity index (χ0v) is 21.3. The molecular formula is C20H43O6PS2. The molecule has 0 heterocycles. The van der Waals surface area contributed by atoms with Gasteiger partial charge in [0.25, 0.3) is 0 Å². The van der Waals surface area contributed by atoms with E-state index in [0.717, 1.165) is 24.3 Å². The zero-order chi connectivity index (χ0) is 21.8. The lowest BCUT2D eigenvalue weighted by molar-refractivity contribution is -0.285. The molecule has 0 aliphatic rings. The Balaban J connectivity index is 3.66. The molecule has 0 spiro atoms. The Morgan fingerprint density at radius 1 is 0.690 bits per heavy atom. The van der Waals surface area contributed by atoms with Crippen molar-refractivity contribution in [2.75, 3.05) is 11.5 Å². The lowest BCUT2D eigenvalue weighted by Gasteiger charge is -2.16. The standard InChI is InChI=1S/C20H43O6PS2/c1-5-7-9-11-13-15-17-28-19(3)23-25-27(21,22)26-24-20(4)29-18-16-14-12-10-8-6-2/h19-20H,5-18H2,1-4H3,(H,21,22). The number of hydrogen-bond donors (Lipinski definition) is 1. The first-order chi connectivity index (χ1) is 13.9. The number of thioether (sulfide) groups is 2. The van der Waals surface area contributed by atoms with Crippen LogP contribution in [0.2, 0.25) is 0 Å². The molecule has 1 N–H and O–H groups in total. The molecule has 0 fully saturated rings. The Bertz CT molecular complexity index is 371. The summed E-state index contributed by atoms with van der Waals surface area (Å²) in [5, 5.41) is 0. The first-order valence-electron chi connectivity index (χ1n) is 11.2. The molecular weight excluding hydrogens is 431 g/mol. The van der Waals surface area contributed by atoms with E-state index in [9.17, 15) is 9.46 Å². The molecule has 6 nitrogen and oxygen atoms in total. The highest BCUT2D eigenvalue weighted by atomic mass is 32.2. The molecule has 0 amide bonds. The minimum Gasteiger partial charge on any atom is -0.299 e. The van der Waals surface area contributed by atoms with Gasteiger partial charge < -0.3 is 0 Å². The molecule has 2 atom stereocenters. The summed E-state index contributed by atoms with van der Waals surface area (Å²) in [5.41, 5.74) is -0.705. The molecule has 0 aromatic carbocycles. The normalized spacial score (nSPS) is 15.9. The maximum absolute atomic E-state index is 11.8. The molecule has 9 heteroatoms. The Hall–Kier alpha value is 0.730.